The molecule has 0 aromatic carbocycles. The fourth-order valence-corrected chi connectivity index (χ4v) is 2.59. The van der Waals surface area contributed by atoms with Crippen molar-refractivity contribution in [1.82, 2.24) is 20.2 Å². The molecule has 1 fully saturated rings. The third kappa shape index (κ3) is 3.98. The molecule has 2 N–H and O–H groups in total. The summed E-state index contributed by atoms with van der Waals surface area (Å²) in [6.45, 7) is 6.08. The minimum atomic E-state index is -0.972. The summed E-state index contributed by atoms with van der Waals surface area (Å²) in [5.74, 6) is -0.972. The average Bonchev–Trinajstić information content (AvgIpc) is 2.47. The summed E-state index contributed by atoms with van der Waals surface area (Å²) in [7, 11) is 0. The first-order valence-electron chi connectivity index (χ1n) is 7.18. The molecule has 0 unspecified atom stereocenters. The Bertz CT molecular complexity index is 445. The lowest BCUT2D eigenvalue weighted by atomic mass is 10.0. The topological polar surface area (TPSA) is 78.3 Å². The predicted molar refractivity (Wildman–Crippen MR) is 75.6 cm³/mol. The van der Waals surface area contributed by atoms with Crippen LogP contribution in [0.15, 0.2) is 12.5 Å². The van der Waals surface area contributed by atoms with Crippen LogP contribution in [0.25, 0.3) is 0 Å². The number of hydrogen-bond donors (Lipinski definition) is 2. The van der Waals surface area contributed by atoms with Crippen LogP contribution in [0, 0.1) is 0 Å². The van der Waals surface area contributed by atoms with Crippen LogP contribution in [-0.4, -0.2) is 51.6 Å². The first kappa shape index (κ1) is 14.9. The number of piperidine rings is 1. The first-order valence-corrected chi connectivity index (χ1v) is 7.18. The van der Waals surface area contributed by atoms with Gasteiger partial charge >= 0.3 is 5.97 Å². The Morgan fingerprint density at radius 2 is 2.25 bits per heavy atom. The summed E-state index contributed by atoms with van der Waals surface area (Å²) in [5.41, 5.74) is 0.743. The third-order valence-electron chi connectivity index (χ3n) is 3.71. The lowest BCUT2D eigenvalue weighted by Crippen LogP contribution is -2.42. The standard InChI is InChI=1S/C14H22N4O2/c1-2-5-18-6-3-11(4-7-18)16-9-13-12(14(19)20)8-15-10-17-13/h8,10-11,16H,2-7,9H2,1H3,(H,19,20). The van der Waals surface area contributed by atoms with Gasteiger partial charge in [0.25, 0.3) is 0 Å². The number of rotatable bonds is 6. The van der Waals surface area contributed by atoms with Crippen LogP contribution >= 0.6 is 0 Å². The Balaban J connectivity index is 1.83. The molecule has 2 heterocycles. The molecular formula is C14H22N4O2. The first-order chi connectivity index (χ1) is 9.70. The molecule has 2 rings (SSSR count). The molecule has 1 aromatic heterocycles. The lowest BCUT2D eigenvalue weighted by Gasteiger charge is -2.32. The third-order valence-corrected chi connectivity index (χ3v) is 3.71. The van der Waals surface area contributed by atoms with E-state index in [1.165, 1.54) is 25.5 Å². The molecule has 1 aliphatic rings. The van der Waals surface area contributed by atoms with Gasteiger partial charge in [-0.15, -0.1) is 0 Å². The maximum absolute atomic E-state index is 11.1. The summed E-state index contributed by atoms with van der Waals surface area (Å²) in [4.78, 5) is 21.4. The van der Waals surface area contributed by atoms with Gasteiger partial charge in [0, 0.05) is 18.8 Å². The molecule has 0 spiro atoms. The zero-order valence-electron chi connectivity index (χ0n) is 11.9. The van der Waals surface area contributed by atoms with E-state index in [0.717, 1.165) is 25.9 Å². The van der Waals surface area contributed by atoms with E-state index in [9.17, 15) is 4.79 Å². The quantitative estimate of drug-likeness (QED) is 0.812. The molecule has 110 valence electrons. The van der Waals surface area contributed by atoms with Gasteiger partial charge < -0.3 is 15.3 Å². The Morgan fingerprint density at radius 3 is 2.90 bits per heavy atom. The number of carbonyl (C=O) groups is 1. The van der Waals surface area contributed by atoms with E-state index in [0.29, 0.717) is 18.3 Å². The van der Waals surface area contributed by atoms with Crippen LogP contribution in [0.1, 0.15) is 42.2 Å². The maximum atomic E-state index is 11.1. The van der Waals surface area contributed by atoms with Crippen molar-refractivity contribution in [3.63, 3.8) is 0 Å². The second-order valence-electron chi connectivity index (χ2n) is 5.19. The van der Waals surface area contributed by atoms with Crippen molar-refractivity contribution in [1.29, 1.82) is 0 Å². The predicted octanol–water partition coefficient (Wildman–Crippen LogP) is 1.14. The maximum Gasteiger partial charge on any atom is 0.339 e. The van der Waals surface area contributed by atoms with E-state index >= 15 is 0 Å². The number of nitrogens with one attached hydrogen (secondary N) is 1. The highest BCUT2D eigenvalue weighted by Crippen LogP contribution is 2.12. The summed E-state index contributed by atoms with van der Waals surface area (Å²) in [6, 6.07) is 0.444. The average molecular weight is 278 g/mol. The SMILES string of the molecule is CCCN1CCC(NCc2ncncc2C(=O)O)CC1. The molecule has 1 saturated heterocycles. The number of likely N-dealkylation sites (tertiary alicyclic amines) is 1. The van der Waals surface area contributed by atoms with Gasteiger partial charge in [0.05, 0.1) is 5.69 Å². The van der Waals surface area contributed by atoms with Gasteiger partial charge in [-0.2, -0.15) is 0 Å². The van der Waals surface area contributed by atoms with Gasteiger partial charge in [0.1, 0.15) is 11.9 Å². The second-order valence-corrected chi connectivity index (χ2v) is 5.19. The van der Waals surface area contributed by atoms with Gasteiger partial charge in [-0.25, -0.2) is 14.8 Å². The Hall–Kier alpha value is -1.53. The fourth-order valence-electron chi connectivity index (χ4n) is 2.59. The van der Waals surface area contributed by atoms with Crippen LogP contribution < -0.4 is 5.32 Å². The molecule has 0 atom stereocenters. The van der Waals surface area contributed by atoms with Crippen molar-refractivity contribution in [2.45, 2.75) is 38.8 Å². The van der Waals surface area contributed by atoms with Crippen molar-refractivity contribution >= 4 is 5.97 Å². The normalized spacial score (nSPS) is 17.2. The summed E-state index contributed by atoms with van der Waals surface area (Å²) < 4.78 is 0. The fraction of sp³-hybridized carbons (Fsp3) is 0.643. The largest absolute Gasteiger partial charge is 0.478 e. The number of nitrogens with zero attached hydrogens (tertiary/aromatic N) is 3. The number of aromatic carboxylic acids is 1. The van der Waals surface area contributed by atoms with Gasteiger partial charge in [-0.05, 0) is 38.9 Å². The number of hydrogen-bond acceptors (Lipinski definition) is 5. The molecule has 0 radical (unpaired) electrons. The zero-order chi connectivity index (χ0) is 14.4. The monoisotopic (exact) mass is 278 g/mol. The Morgan fingerprint density at radius 1 is 1.50 bits per heavy atom. The van der Waals surface area contributed by atoms with E-state index < -0.39 is 5.97 Å². The van der Waals surface area contributed by atoms with E-state index in [-0.39, 0.29) is 5.56 Å². The molecular weight excluding hydrogens is 256 g/mol. The van der Waals surface area contributed by atoms with Crippen LogP contribution in [-0.2, 0) is 6.54 Å². The molecule has 0 bridgehead atoms. The van der Waals surface area contributed by atoms with Crippen molar-refractivity contribution in [2.75, 3.05) is 19.6 Å². The van der Waals surface area contributed by atoms with E-state index in [1.807, 2.05) is 0 Å². The second kappa shape index (κ2) is 7.31. The number of carboxylic acid groups (broad SMARTS) is 1. The summed E-state index contributed by atoms with van der Waals surface area (Å²) in [6.07, 6.45) is 6.16. The van der Waals surface area contributed by atoms with Crippen molar-refractivity contribution in [3.8, 4) is 0 Å². The van der Waals surface area contributed by atoms with Crippen LogP contribution in [0.4, 0.5) is 0 Å². The van der Waals surface area contributed by atoms with Crippen LogP contribution in [0.5, 0.6) is 0 Å². The van der Waals surface area contributed by atoms with Crippen LogP contribution in [0.2, 0.25) is 0 Å². The Kier molecular flexibility index (Phi) is 5.43. The van der Waals surface area contributed by atoms with Crippen molar-refractivity contribution in [2.24, 2.45) is 0 Å². The molecule has 6 nitrogen and oxygen atoms in total. The smallest absolute Gasteiger partial charge is 0.339 e. The minimum Gasteiger partial charge on any atom is -0.478 e. The number of carboxylic acids is 1. The van der Waals surface area contributed by atoms with Crippen molar-refractivity contribution in [3.05, 3.63) is 23.8 Å². The van der Waals surface area contributed by atoms with Crippen LogP contribution in [0.3, 0.4) is 0 Å². The summed E-state index contributed by atoms with van der Waals surface area (Å²) in [5, 5.41) is 12.5. The van der Waals surface area contributed by atoms with E-state index in [1.54, 1.807) is 0 Å². The molecule has 0 saturated carbocycles. The number of aromatic nitrogens is 2. The summed E-state index contributed by atoms with van der Waals surface area (Å²) >= 11 is 0. The zero-order valence-corrected chi connectivity index (χ0v) is 11.9. The molecule has 6 heteroatoms. The minimum absolute atomic E-state index is 0.184. The van der Waals surface area contributed by atoms with Gasteiger partial charge in [0.2, 0.25) is 0 Å². The lowest BCUT2D eigenvalue weighted by molar-refractivity contribution is 0.0694. The van der Waals surface area contributed by atoms with Gasteiger partial charge in [-0.3, -0.25) is 0 Å². The molecule has 1 aliphatic heterocycles. The highest BCUT2D eigenvalue weighted by Gasteiger charge is 2.19. The van der Waals surface area contributed by atoms with Gasteiger partial charge in [0.15, 0.2) is 0 Å². The molecule has 0 amide bonds. The van der Waals surface area contributed by atoms with Gasteiger partial charge in [-0.1, -0.05) is 6.92 Å². The molecule has 0 aliphatic carbocycles. The highest BCUT2D eigenvalue weighted by molar-refractivity contribution is 5.88. The van der Waals surface area contributed by atoms with Crippen molar-refractivity contribution < 1.29 is 9.90 Å². The molecule has 20 heavy (non-hydrogen) atoms. The highest BCUT2D eigenvalue weighted by atomic mass is 16.4. The van der Waals surface area contributed by atoms with E-state index in [2.05, 4.69) is 27.1 Å². The molecule has 1 aromatic rings. The Labute approximate surface area is 119 Å². The van der Waals surface area contributed by atoms with E-state index in [4.69, 9.17) is 5.11 Å².